The normalized spacial score (nSPS) is 35.1. The zero-order valence-electron chi connectivity index (χ0n) is 35.3. The molecule has 4 fully saturated rings. The lowest BCUT2D eigenvalue weighted by molar-refractivity contribution is -0.232. The second-order valence-corrected chi connectivity index (χ2v) is 20.7. The minimum absolute atomic E-state index is 0.0127. The van der Waals surface area contributed by atoms with E-state index in [4.69, 9.17) is 21.1 Å². The number of pyridine rings is 1. The average molecular weight is 792 g/mol. The first-order chi connectivity index (χ1) is 26.0. The number of methoxy groups -OCH3 is 1. The largest absolute Gasteiger partial charge is 0.495 e. The van der Waals surface area contributed by atoms with Crippen molar-refractivity contribution in [3.63, 3.8) is 0 Å². The molecular formula is C45H62ClN3O7. The van der Waals surface area contributed by atoms with Crippen molar-refractivity contribution in [2.75, 3.05) is 7.11 Å². The maximum absolute atomic E-state index is 14.4. The van der Waals surface area contributed by atoms with E-state index in [1.54, 1.807) is 39.3 Å². The van der Waals surface area contributed by atoms with Crippen molar-refractivity contribution in [2.24, 2.45) is 57.8 Å². The minimum atomic E-state index is -1.19. The maximum Gasteiger partial charge on any atom is 0.309 e. The summed E-state index contributed by atoms with van der Waals surface area (Å²) in [5.41, 5.74) is 0.254. The molecule has 2 aromatic heterocycles. The van der Waals surface area contributed by atoms with Crippen molar-refractivity contribution in [3.8, 4) is 11.6 Å². The first-order valence-corrected chi connectivity index (χ1v) is 21.1. The Kier molecular flexibility index (Phi) is 9.70. The SMILES string of the molecule is COc1ccc(-n2c(=O)c(Cl)c([C@@]34CC[C@]5(C)[C@H](CC[C@@H]6[C@@]7(C)CC[C@H](OC(=O)CC(C)(C)C(=O)O)C(C)(C)[C@@H]7CC[C@]65C)C3=C(C(C)C)C(=O)C4)n2C)nc1. The van der Waals surface area contributed by atoms with Crippen LogP contribution in [0, 0.1) is 50.7 Å². The number of carboxylic acids is 1. The van der Waals surface area contributed by atoms with Crippen LogP contribution in [0.4, 0.5) is 0 Å². The minimum Gasteiger partial charge on any atom is -0.495 e. The number of ether oxygens (including phenoxy) is 2. The van der Waals surface area contributed by atoms with Crippen molar-refractivity contribution in [1.82, 2.24) is 14.3 Å². The van der Waals surface area contributed by atoms with Gasteiger partial charge >= 0.3 is 11.9 Å². The molecule has 0 saturated heterocycles. The molecule has 0 aromatic carbocycles. The van der Waals surface area contributed by atoms with Gasteiger partial charge in [0.15, 0.2) is 11.6 Å². The Balaban J connectivity index is 1.25. The van der Waals surface area contributed by atoms with Gasteiger partial charge in [-0.25, -0.2) is 4.98 Å². The molecule has 1 N–H and O–H groups in total. The summed E-state index contributed by atoms with van der Waals surface area (Å²) in [6, 6.07) is 3.53. The molecule has 10 nitrogen and oxygen atoms in total. The fourth-order valence-corrected chi connectivity index (χ4v) is 14.1. The molecule has 0 unspecified atom stereocenters. The number of rotatable bonds is 8. The molecule has 0 bridgehead atoms. The number of esters is 1. The number of carboxylic acid groups (broad SMARTS) is 1. The molecule has 2 aromatic rings. The van der Waals surface area contributed by atoms with E-state index in [0.717, 1.165) is 56.9 Å². The van der Waals surface area contributed by atoms with Crippen LogP contribution in [0.1, 0.15) is 132 Å². The Morgan fingerprint density at radius 2 is 1.68 bits per heavy atom. The molecule has 7 rings (SSSR count). The molecule has 2 heterocycles. The Bertz CT molecular complexity index is 2060. The van der Waals surface area contributed by atoms with E-state index in [-0.39, 0.29) is 62.4 Å². The third kappa shape index (κ3) is 5.56. The average Bonchev–Trinajstić information content (AvgIpc) is 3.54. The van der Waals surface area contributed by atoms with Gasteiger partial charge in [0.2, 0.25) is 0 Å². The second-order valence-electron chi connectivity index (χ2n) is 20.3. The maximum atomic E-state index is 14.4. The lowest BCUT2D eigenvalue weighted by Crippen LogP contribution is -2.66. The van der Waals surface area contributed by atoms with E-state index in [1.807, 2.05) is 11.7 Å². The van der Waals surface area contributed by atoms with Crippen LogP contribution >= 0.6 is 11.6 Å². The predicted octanol–water partition coefficient (Wildman–Crippen LogP) is 8.88. The Labute approximate surface area is 336 Å². The molecule has 4 saturated carbocycles. The number of ketones is 1. The fraction of sp³-hybridized carbons (Fsp3) is 0.711. The van der Waals surface area contributed by atoms with E-state index in [9.17, 15) is 24.3 Å². The van der Waals surface area contributed by atoms with Crippen LogP contribution < -0.4 is 10.3 Å². The number of allylic oxidation sites excluding steroid dienone is 2. The zero-order chi connectivity index (χ0) is 41.1. The van der Waals surface area contributed by atoms with Gasteiger partial charge in [-0.05, 0) is 128 Å². The molecule has 56 heavy (non-hydrogen) atoms. The van der Waals surface area contributed by atoms with Crippen LogP contribution in [0.2, 0.25) is 5.02 Å². The van der Waals surface area contributed by atoms with Gasteiger partial charge in [0.1, 0.15) is 16.9 Å². The first kappa shape index (κ1) is 40.8. The molecule has 0 radical (unpaired) electrons. The van der Waals surface area contributed by atoms with Crippen LogP contribution in [-0.4, -0.2) is 50.4 Å². The Hall–Kier alpha value is -3.40. The van der Waals surface area contributed by atoms with Gasteiger partial charge in [0.05, 0.1) is 30.8 Å². The fourth-order valence-electron chi connectivity index (χ4n) is 13.7. The number of aliphatic carboxylic acids is 1. The van der Waals surface area contributed by atoms with Crippen molar-refractivity contribution in [2.45, 2.75) is 138 Å². The van der Waals surface area contributed by atoms with Crippen molar-refractivity contribution >= 4 is 29.3 Å². The summed E-state index contributed by atoms with van der Waals surface area (Å²) >= 11 is 7.16. The number of hydrogen-bond acceptors (Lipinski definition) is 7. The van der Waals surface area contributed by atoms with Crippen LogP contribution in [-0.2, 0) is 31.6 Å². The van der Waals surface area contributed by atoms with E-state index in [2.05, 4.69) is 53.5 Å². The van der Waals surface area contributed by atoms with E-state index >= 15 is 0 Å². The highest BCUT2D eigenvalue weighted by Crippen LogP contribution is 2.77. The van der Waals surface area contributed by atoms with E-state index in [1.165, 1.54) is 10.3 Å². The summed E-state index contributed by atoms with van der Waals surface area (Å²) in [4.78, 5) is 57.9. The molecule has 5 aliphatic carbocycles. The van der Waals surface area contributed by atoms with Crippen LogP contribution in [0.3, 0.4) is 0 Å². The van der Waals surface area contributed by atoms with Crippen LogP contribution in [0.25, 0.3) is 5.82 Å². The van der Waals surface area contributed by atoms with Gasteiger partial charge in [-0.1, -0.05) is 60.1 Å². The summed E-state index contributed by atoms with van der Waals surface area (Å²) in [5, 5.41) is 9.80. The number of hydrogen-bond donors (Lipinski definition) is 1. The van der Waals surface area contributed by atoms with Gasteiger partial charge in [-0.15, -0.1) is 0 Å². The Morgan fingerprint density at radius 1 is 0.982 bits per heavy atom. The molecule has 0 aliphatic heterocycles. The summed E-state index contributed by atoms with van der Waals surface area (Å²) in [6.07, 6.45) is 8.82. The molecule has 0 spiro atoms. The van der Waals surface area contributed by atoms with Gasteiger partial charge in [0, 0.05) is 24.3 Å². The highest BCUT2D eigenvalue weighted by Gasteiger charge is 2.71. The summed E-state index contributed by atoms with van der Waals surface area (Å²) in [6.45, 7) is 19.4. The standard InChI is InChI=1S/C45H62ClN3O7/c1-25(2)34-28(50)22-45(37-36(46)38(52)49(48(37)10)32-15-12-26(55-11)24-47-32)21-20-43(8)27(35(34)45)13-14-30-42(7)18-17-31(56-33(51)23-40(3,4)39(53)54)41(5,6)29(42)16-19-44(30,43)9/h12,15,24-25,27,29-31H,13-14,16-23H2,1-11H3,(H,53,54)/t27-,29+,30-,31+,42+,43-,44-,45-/m1/s1. The van der Waals surface area contributed by atoms with Crippen LogP contribution in [0.5, 0.6) is 5.75 Å². The quantitative estimate of drug-likeness (QED) is 0.263. The van der Waals surface area contributed by atoms with Gasteiger partial charge in [0.25, 0.3) is 5.56 Å². The predicted molar refractivity (Wildman–Crippen MR) is 215 cm³/mol. The number of carbonyl (C=O) groups is 3. The monoisotopic (exact) mass is 791 g/mol. The molecule has 306 valence electrons. The summed E-state index contributed by atoms with van der Waals surface area (Å²) in [7, 11) is 3.45. The third-order valence-corrected chi connectivity index (χ3v) is 17.0. The topological polar surface area (TPSA) is 130 Å². The molecule has 8 atom stereocenters. The van der Waals surface area contributed by atoms with E-state index in [0.29, 0.717) is 35.5 Å². The van der Waals surface area contributed by atoms with Gasteiger partial charge in [-0.3, -0.25) is 23.9 Å². The highest BCUT2D eigenvalue weighted by atomic mass is 35.5. The molecule has 11 heteroatoms. The van der Waals surface area contributed by atoms with Gasteiger partial charge in [-0.2, -0.15) is 4.68 Å². The summed E-state index contributed by atoms with van der Waals surface area (Å²) < 4.78 is 14.9. The van der Waals surface area contributed by atoms with Crippen molar-refractivity contribution in [3.05, 3.63) is 50.5 Å². The van der Waals surface area contributed by atoms with Gasteiger partial charge < -0.3 is 14.6 Å². The zero-order valence-corrected chi connectivity index (χ0v) is 36.1. The lowest BCUT2D eigenvalue weighted by atomic mass is 9.33. The second kappa shape index (κ2) is 13.3. The number of halogens is 1. The van der Waals surface area contributed by atoms with Crippen molar-refractivity contribution < 1.29 is 29.0 Å². The molecule has 0 amide bonds. The first-order valence-electron chi connectivity index (χ1n) is 20.7. The number of Topliss-reactive ketones (excluding diaryl/α,β-unsaturated/α-hetero) is 1. The van der Waals surface area contributed by atoms with Crippen LogP contribution in [0.15, 0.2) is 34.3 Å². The van der Waals surface area contributed by atoms with E-state index < -0.39 is 22.8 Å². The number of nitrogens with zero attached hydrogens (tertiary/aromatic N) is 3. The third-order valence-electron chi connectivity index (χ3n) is 16.6. The summed E-state index contributed by atoms with van der Waals surface area (Å²) in [5.74, 6) is 0.693. The molecular weight excluding hydrogens is 730 g/mol. The number of fused-ring (bicyclic) bond motifs is 7. The Morgan fingerprint density at radius 3 is 2.29 bits per heavy atom. The highest BCUT2D eigenvalue weighted by molar-refractivity contribution is 6.31. The lowest BCUT2D eigenvalue weighted by Gasteiger charge is -2.72. The van der Waals surface area contributed by atoms with Crippen molar-refractivity contribution in [1.29, 1.82) is 0 Å². The smallest absolute Gasteiger partial charge is 0.309 e. The number of carbonyl (C=O) groups excluding carboxylic acids is 2. The molecule has 5 aliphatic rings. The number of aromatic nitrogens is 3.